The number of nitrogens with two attached hydrogens (primary N) is 1. The molecule has 0 fully saturated rings. The van der Waals surface area contributed by atoms with Gasteiger partial charge in [-0.05, 0) is 13.3 Å². The summed E-state index contributed by atoms with van der Waals surface area (Å²) in [5.41, 5.74) is 4.28. The van der Waals surface area contributed by atoms with Crippen molar-refractivity contribution < 1.29 is 22.5 Å². The number of nitro benzene ring substituents is 1. The number of halogens is 1. The number of hydrogen-bond acceptors (Lipinski definition) is 6. The Balaban J connectivity index is 2.91. The maximum atomic E-state index is 13.8. The molecule has 0 amide bonds. The van der Waals surface area contributed by atoms with Gasteiger partial charge >= 0.3 is 0 Å². The Morgan fingerprint density at radius 2 is 2.14 bits per heavy atom. The molecular weight excluding hydrogens is 305 g/mol. The lowest BCUT2D eigenvalue weighted by atomic mass is 10.3. The Labute approximate surface area is 121 Å². The van der Waals surface area contributed by atoms with Crippen LogP contribution in [0, 0.1) is 15.9 Å². The topological polar surface area (TPSA) is 125 Å². The number of nitro groups is 1. The number of nitrogens with zero attached hydrogens (tertiary/aromatic N) is 1. The van der Waals surface area contributed by atoms with Crippen LogP contribution in [0.1, 0.15) is 13.3 Å². The van der Waals surface area contributed by atoms with E-state index in [0.29, 0.717) is 25.7 Å². The van der Waals surface area contributed by atoms with Crippen molar-refractivity contribution in [3.8, 4) is 0 Å². The van der Waals surface area contributed by atoms with Gasteiger partial charge in [0.2, 0.25) is 10.0 Å². The predicted molar refractivity (Wildman–Crippen MR) is 73.8 cm³/mol. The van der Waals surface area contributed by atoms with Gasteiger partial charge in [-0.2, -0.15) is 0 Å². The number of hydrogen-bond donors (Lipinski definition) is 2. The lowest BCUT2D eigenvalue weighted by molar-refractivity contribution is -0.385. The Morgan fingerprint density at radius 1 is 1.48 bits per heavy atom. The summed E-state index contributed by atoms with van der Waals surface area (Å²) in [6, 6.07) is 1.32. The lowest BCUT2D eigenvalue weighted by Crippen LogP contribution is -2.27. The van der Waals surface area contributed by atoms with Crippen molar-refractivity contribution in [3.63, 3.8) is 0 Å². The number of non-ortho nitro benzene ring substituents is 1. The molecule has 0 spiro atoms. The Hall–Kier alpha value is -1.78. The number of sulfonamides is 1. The van der Waals surface area contributed by atoms with Crippen molar-refractivity contribution in [1.29, 1.82) is 0 Å². The fraction of sp³-hybridized carbons (Fsp3) is 0.455. The minimum absolute atomic E-state index is 0.0399. The van der Waals surface area contributed by atoms with E-state index in [0.717, 1.165) is 6.07 Å². The average molecular weight is 321 g/mol. The molecule has 3 N–H and O–H groups in total. The zero-order chi connectivity index (χ0) is 16.0. The van der Waals surface area contributed by atoms with Crippen molar-refractivity contribution in [3.05, 3.63) is 28.1 Å². The molecule has 118 valence electrons. The maximum Gasteiger partial charge on any atom is 0.274 e. The highest BCUT2D eigenvalue weighted by Crippen LogP contribution is 2.27. The van der Waals surface area contributed by atoms with Gasteiger partial charge in [0.05, 0.1) is 16.7 Å². The summed E-state index contributed by atoms with van der Waals surface area (Å²) in [6.07, 6.45) is 0.404. The van der Waals surface area contributed by atoms with Gasteiger partial charge in [0.1, 0.15) is 4.90 Å². The molecule has 0 saturated heterocycles. The maximum absolute atomic E-state index is 13.8. The van der Waals surface area contributed by atoms with E-state index in [4.69, 9.17) is 10.5 Å². The second-order valence-corrected chi connectivity index (χ2v) is 5.76. The summed E-state index contributed by atoms with van der Waals surface area (Å²) in [5.74, 6) is -1.26. The van der Waals surface area contributed by atoms with Crippen LogP contribution in [0.25, 0.3) is 0 Å². The molecule has 1 aromatic carbocycles. The van der Waals surface area contributed by atoms with E-state index in [9.17, 15) is 22.9 Å². The lowest BCUT2D eigenvalue weighted by Gasteiger charge is -2.10. The molecule has 1 aromatic rings. The van der Waals surface area contributed by atoms with E-state index in [2.05, 4.69) is 4.72 Å². The molecule has 0 bridgehead atoms. The molecule has 0 radical (unpaired) electrons. The summed E-state index contributed by atoms with van der Waals surface area (Å²) in [7, 11) is -4.18. The molecule has 21 heavy (non-hydrogen) atoms. The number of nitrogen functional groups attached to an aromatic ring is 1. The van der Waals surface area contributed by atoms with Crippen LogP contribution in [0.4, 0.5) is 15.8 Å². The van der Waals surface area contributed by atoms with E-state index in [1.165, 1.54) is 0 Å². The van der Waals surface area contributed by atoms with Gasteiger partial charge < -0.3 is 10.5 Å². The monoisotopic (exact) mass is 321 g/mol. The third kappa shape index (κ3) is 4.62. The highest BCUT2D eigenvalue weighted by molar-refractivity contribution is 7.89. The van der Waals surface area contributed by atoms with Crippen molar-refractivity contribution in [2.45, 2.75) is 18.2 Å². The minimum atomic E-state index is -4.18. The van der Waals surface area contributed by atoms with Crippen molar-refractivity contribution in [2.75, 3.05) is 25.5 Å². The normalized spacial score (nSPS) is 11.5. The van der Waals surface area contributed by atoms with Crippen LogP contribution in [0.3, 0.4) is 0 Å². The predicted octanol–water partition coefficient (Wildman–Crippen LogP) is 1.02. The molecule has 0 heterocycles. The minimum Gasteiger partial charge on any atom is -0.397 e. The molecule has 0 aliphatic rings. The second-order valence-electron chi connectivity index (χ2n) is 4.05. The van der Waals surface area contributed by atoms with Gasteiger partial charge in [-0.3, -0.25) is 10.1 Å². The summed E-state index contributed by atoms with van der Waals surface area (Å²) < 4.78 is 44.9. The third-order valence-electron chi connectivity index (χ3n) is 2.50. The molecule has 0 aliphatic heterocycles. The quantitative estimate of drug-likeness (QED) is 0.319. The smallest absolute Gasteiger partial charge is 0.274 e. The largest absolute Gasteiger partial charge is 0.397 e. The SMILES string of the molecule is CCOCCCNS(=O)(=O)c1c(N)cc([N+](=O)[O-])cc1F. The fourth-order valence-electron chi connectivity index (χ4n) is 1.59. The summed E-state index contributed by atoms with van der Waals surface area (Å²) >= 11 is 0. The van der Waals surface area contributed by atoms with Crippen LogP contribution in [-0.2, 0) is 14.8 Å². The first-order chi connectivity index (χ1) is 9.79. The molecule has 1 rings (SSSR count). The van der Waals surface area contributed by atoms with Gasteiger partial charge in [-0.15, -0.1) is 0 Å². The van der Waals surface area contributed by atoms with E-state index >= 15 is 0 Å². The average Bonchev–Trinajstić information content (AvgIpc) is 2.37. The molecule has 0 unspecified atom stereocenters. The highest BCUT2D eigenvalue weighted by atomic mass is 32.2. The number of ether oxygens (including phenoxy) is 1. The van der Waals surface area contributed by atoms with E-state index in [-0.39, 0.29) is 6.54 Å². The van der Waals surface area contributed by atoms with Gasteiger partial charge in [0, 0.05) is 25.8 Å². The van der Waals surface area contributed by atoms with Crippen LogP contribution in [0.15, 0.2) is 17.0 Å². The number of benzene rings is 1. The molecule has 0 atom stereocenters. The van der Waals surface area contributed by atoms with Crippen LogP contribution >= 0.6 is 0 Å². The second kappa shape index (κ2) is 7.29. The van der Waals surface area contributed by atoms with Gasteiger partial charge in [0.25, 0.3) is 5.69 Å². The van der Waals surface area contributed by atoms with Crippen LogP contribution in [0.5, 0.6) is 0 Å². The first kappa shape index (κ1) is 17.3. The number of anilines is 1. The van der Waals surface area contributed by atoms with Crippen molar-refractivity contribution in [2.24, 2.45) is 0 Å². The summed E-state index contributed by atoms with van der Waals surface area (Å²) in [4.78, 5) is 8.90. The van der Waals surface area contributed by atoms with Gasteiger partial charge in [0.15, 0.2) is 5.82 Å². The number of nitrogens with one attached hydrogen (secondary N) is 1. The Kier molecular flexibility index (Phi) is 6.00. The molecule has 0 aromatic heterocycles. The van der Waals surface area contributed by atoms with Crippen LogP contribution in [-0.4, -0.2) is 33.1 Å². The van der Waals surface area contributed by atoms with E-state index in [1.54, 1.807) is 6.92 Å². The molecule has 0 aliphatic carbocycles. The van der Waals surface area contributed by atoms with Gasteiger partial charge in [-0.25, -0.2) is 17.5 Å². The zero-order valence-electron chi connectivity index (χ0n) is 11.3. The zero-order valence-corrected chi connectivity index (χ0v) is 12.2. The van der Waals surface area contributed by atoms with Crippen molar-refractivity contribution >= 4 is 21.4 Å². The molecular formula is C11H16FN3O5S. The summed E-state index contributed by atoms with van der Waals surface area (Å²) in [5, 5.41) is 10.5. The standard InChI is InChI=1S/C11H16FN3O5S/c1-2-20-5-3-4-14-21(18,19)11-9(12)6-8(15(16)17)7-10(11)13/h6-7,14H,2-5,13H2,1H3. The fourth-order valence-corrected chi connectivity index (χ4v) is 2.83. The van der Waals surface area contributed by atoms with Gasteiger partial charge in [-0.1, -0.05) is 0 Å². The highest BCUT2D eigenvalue weighted by Gasteiger charge is 2.25. The van der Waals surface area contributed by atoms with Crippen LogP contribution < -0.4 is 10.5 Å². The van der Waals surface area contributed by atoms with E-state index < -0.39 is 37.0 Å². The van der Waals surface area contributed by atoms with Crippen LogP contribution in [0.2, 0.25) is 0 Å². The molecule has 0 saturated carbocycles. The first-order valence-electron chi connectivity index (χ1n) is 6.10. The Bertz CT molecular complexity index is 597. The number of rotatable bonds is 8. The van der Waals surface area contributed by atoms with E-state index in [1.807, 2.05) is 0 Å². The molecule has 8 nitrogen and oxygen atoms in total. The summed E-state index contributed by atoms with van der Waals surface area (Å²) in [6.45, 7) is 2.71. The molecule has 10 heteroatoms. The Morgan fingerprint density at radius 3 is 2.67 bits per heavy atom. The first-order valence-corrected chi connectivity index (χ1v) is 7.58. The third-order valence-corrected chi connectivity index (χ3v) is 4.05. The van der Waals surface area contributed by atoms with Crippen molar-refractivity contribution in [1.82, 2.24) is 4.72 Å².